The third kappa shape index (κ3) is 4.04. The average Bonchev–Trinajstić information content (AvgIpc) is 2.41. The van der Waals surface area contributed by atoms with Crippen molar-refractivity contribution in [2.45, 2.75) is 65.6 Å². The molecular formula is C18H31N3. The normalized spacial score (nSPS) is 25.2. The molecule has 21 heavy (non-hydrogen) atoms. The molecule has 3 nitrogen and oxygen atoms in total. The van der Waals surface area contributed by atoms with Crippen LogP contribution in [0.1, 0.15) is 51.4 Å². The highest BCUT2D eigenvalue weighted by Crippen LogP contribution is 2.37. The van der Waals surface area contributed by atoms with E-state index in [4.69, 9.17) is 0 Å². The largest absolute Gasteiger partial charge is 0.312 e. The lowest BCUT2D eigenvalue weighted by atomic mass is 9.70. The number of nitrogens with zero attached hydrogens (tertiary/aromatic N) is 2. The van der Waals surface area contributed by atoms with Crippen molar-refractivity contribution in [3.05, 3.63) is 29.6 Å². The summed E-state index contributed by atoms with van der Waals surface area (Å²) in [7, 11) is 2.25. The van der Waals surface area contributed by atoms with Crippen LogP contribution in [0.15, 0.2) is 18.2 Å². The Hall–Kier alpha value is -0.930. The molecule has 1 heterocycles. The first-order valence-corrected chi connectivity index (χ1v) is 8.30. The number of pyridine rings is 1. The first-order valence-electron chi connectivity index (χ1n) is 8.30. The molecule has 1 aromatic heterocycles. The van der Waals surface area contributed by atoms with Gasteiger partial charge in [0.1, 0.15) is 0 Å². The van der Waals surface area contributed by atoms with Crippen LogP contribution in [0.25, 0.3) is 0 Å². The number of likely N-dealkylation sites (N-methyl/N-ethyl adjacent to an activating group) is 2. The van der Waals surface area contributed by atoms with Gasteiger partial charge in [-0.3, -0.25) is 9.88 Å². The van der Waals surface area contributed by atoms with Gasteiger partial charge in [0.05, 0.1) is 5.69 Å². The van der Waals surface area contributed by atoms with Crippen molar-refractivity contribution in [1.29, 1.82) is 0 Å². The van der Waals surface area contributed by atoms with E-state index in [-0.39, 0.29) is 0 Å². The van der Waals surface area contributed by atoms with Crippen molar-refractivity contribution in [3.8, 4) is 0 Å². The van der Waals surface area contributed by atoms with E-state index in [0.29, 0.717) is 17.5 Å². The van der Waals surface area contributed by atoms with Crippen LogP contribution in [0, 0.1) is 12.3 Å². The zero-order chi connectivity index (χ0) is 15.5. The molecule has 0 amide bonds. The third-order valence-electron chi connectivity index (χ3n) is 4.90. The highest BCUT2D eigenvalue weighted by molar-refractivity contribution is 5.10. The molecule has 3 heteroatoms. The SMILES string of the molecule is CCNC1C(N(C)Cc2cccc(C)n2)CCCC1(C)C. The Kier molecular flexibility index (Phi) is 5.39. The molecule has 1 N–H and O–H groups in total. The summed E-state index contributed by atoms with van der Waals surface area (Å²) in [5, 5.41) is 3.74. The number of rotatable bonds is 5. The molecule has 0 bridgehead atoms. The van der Waals surface area contributed by atoms with Gasteiger partial charge in [0.2, 0.25) is 0 Å². The number of hydrogen-bond donors (Lipinski definition) is 1. The Balaban J connectivity index is 2.10. The molecule has 2 rings (SSSR count). The lowest BCUT2D eigenvalue weighted by Gasteiger charge is -2.47. The summed E-state index contributed by atoms with van der Waals surface area (Å²) in [6, 6.07) is 7.47. The fourth-order valence-electron chi connectivity index (χ4n) is 3.78. The topological polar surface area (TPSA) is 28.2 Å². The molecule has 1 saturated carbocycles. The second kappa shape index (κ2) is 6.89. The maximum absolute atomic E-state index is 4.65. The Labute approximate surface area is 130 Å². The van der Waals surface area contributed by atoms with Crippen molar-refractivity contribution in [1.82, 2.24) is 15.2 Å². The van der Waals surface area contributed by atoms with Crippen molar-refractivity contribution in [2.75, 3.05) is 13.6 Å². The number of aromatic nitrogens is 1. The molecule has 0 saturated heterocycles. The molecule has 0 aliphatic heterocycles. The second-order valence-corrected chi connectivity index (χ2v) is 7.17. The molecule has 118 valence electrons. The molecule has 2 unspecified atom stereocenters. The van der Waals surface area contributed by atoms with Gasteiger partial charge < -0.3 is 5.32 Å². The summed E-state index contributed by atoms with van der Waals surface area (Å²) >= 11 is 0. The molecule has 0 spiro atoms. The van der Waals surface area contributed by atoms with E-state index < -0.39 is 0 Å². The van der Waals surface area contributed by atoms with E-state index in [0.717, 1.165) is 18.8 Å². The van der Waals surface area contributed by atoms with E-state index in [1.165, 1.54) is 25.0 Å². The minimum atomic E-state index is 0.368. The fourth-order valence-corrected chi connectivity index (χ4v) is 3.78. The van der Waals surface area contributed by atoms with Crippen LogP contribution >= 0.6 is 0 Å². The quantitative estimate of drug-likeness (QED) is 0.900. The molecular weight excluding hydrogens is 258 g/mol. The monoisotopic (exact) mass is 289 g/mol. The van der Waals surface area contributed by atoms with E-state index in [9.17, 15) is 0 Å². The van der Waals surface area contributed by atoms with Crippen LogP contribution < -0.4 is 5.32 Å². The van der Waals surface area contributed by atoms with Crippen molar-refractivity contribution in [3.63, 3.8) is 0 Å². The van der Waals surface area contributed by atoms with Crippen LogP contribution in [0.3, 0.4) is 0 Å². The highest BCUT2D eigenvalue weighted by Gasteiger charge is 2.40. The van der Waals surface area contributed by atoms with Crippen LogP contribution in [-0.2, 0) is 6.54 Å². The smallest absolute Gasteiger partial charge is 0.0547 e. The Bertz CT molecular complexity index is 456. The fraction of sp³-hybridized carbons (Fsp3) is 0.722. The maximum atomic E-state index is 4.65. The maximum Gasteiger partial charge on any atom is 0.0547 e. The van der Waals surface area contributed by atoms with Crippen LogP contribution in [-0.4, -0.2) is 35.6 Å². The van der Waals surface area contributed by atoms with Crippen molar-refractivity contribution >= 4 is 0 Å². The minimum Gasteiger partial charge on any atom is -0.312 e. The van der Waals surface area contributed by atoms with Crippen LogP contribution in [0.5, 0.6) is 0 Å². The standard InChI is InChI=1S/C18H31N3/c1-6-19-17-16(11-8-12-18(17,3)4)21(5)13-15-10-7-9-14(2)20-15/h7,9-10,16-17,19H,6,8,11-13H2,1-5H3. The predicted octanol–water partition coefficient (Wildman–Crippen LogP) is 3.38. The van der Waals surface area contributed by atoms with Gasteiger partial charge in [0.25, 0.3) is 0 Å². The van der Waals surface area contributed by atoms with Gasteiger partial charge in [0.15, 0.2) is 0 Å². The Morgan fingerprint density at radius 2 is 2.14 bits per heavy atom. The lowest BCUT2D eigenvalue weighted by Crippen LogP contribution is -2.57. The predicted molar refractivity (Wildman–Crippen MR) is 89.3 cm³/mol. The molecule has 0 aromatic carbocycles. The van der Waals surface area contributed by atoms with Crippen molar-refractivity contribution in [2.24, 2.45) is 5.41 Å². The zero-order valence-electron chi connectivity index (χ0n) is 14.3. The van der Waals surface area contributed by atoms with E-state index in [1.807, 2.05) is 0 Å². The summed E-state index contributed by atoms with van der Waals surface area (Å²) in [6.45, 7) is 11.1. The molecule has 1 fully saturated rings. The lowest BCUT2D eigenvalue weighted by molar-refractivity contribution is 0.0592. The third-order valence-corrected chi connectivity index (χ3v) is 4.90. The number of hydrogen-bond acceptors (Lipinski definition) is 3. The van der Waals surface area contributed by atoms with E-state index in [2.05, 4.69) is 68.1 Å². The average molecular weight is 289 g/mol. The molecule has 1 aromatic rings. The highest BCUT2D eigenvalue weighted by atomic mass is 15.2. The zero-order valence-corrected chi connectivity index (χ0v) is 14.3. The van der Waals surface area contributed by atoms with E-state index >= 15 is 0 Å². The van der Waals surface area contributed by atoms with Gasteiger partial charge in [0, 0.05) is 24.3 Å². The van der Waals surface area contributed by atoms with Gasteiger partial charge >= 0.3 is 0 Å². The van der Waals surface area contributed by atoms with Crippen LogP contribution in [0.2, 0.25) is 0 Å². The summed E-state index contributed by atoms with van der Waals surface area (Å²) in [6.07, 6.45) is 3.92. The molecule has 2 atom stereocenters. The molecule has 0 radical (unpaired) electrons. The first kappa shape index (κ1) is 16.4. The minimum absolute atomic E-state index is 0.368. The molecule has 1 aliphatic rings. The number of aryl methyl sites for hydroxylation is 1. The van der Waals surface area contributed by atoms with Crippen LogP contribution in [0.4, 0.5) is 0 Å². The number of nitrogens with one attached hydrogen (secondary N) is 1. The van der Waals surface area contributed by atoms with Gasteiger partial charge in [-0.25, -0.2) is 0 Å². The molecule has 1 aliphatic carbocycles. The van der Waals surface area contributed by atoms with Gasteiger partial charge in [-0.1, -0.05) is 33.3 Å². The second-order valence-electron chi connectivity index (χ2n) is 7.17. The Morgan fingerprint density at radius 1 is 1.38 bits per heavy atom. The summed E-state index contributed by atoms with van der Waals surface area (Å²) in [5.74, 6) is 0. The van der Waals surface area contributed by atoms with E-state index in [1.54, 1.807) is 0 Å². The summed E-state index contributed by atoms with van der Waals surface area (Å²) in [4.78, 5) is 7.15. The van der Waals surface area contributed by atoms with Crippen molar-refractivity contribution < 1.29 is 0 Å². The summed E-state index contributed by atoms with van der Waals surface area (Å²) < 4.78 is 0. The Morgan fingerprint density at radius 3 is 2.81 bits per heavy atom. The van der Waals surface area contributed by atoms with Gasteiger partial charge in [-0.05, 0) is 50.9 Å². The summed E-state index contributed by atoms with van der Waals surface area (Å²) in [5.41, 5.74) is 2.65. The van der Waals surface area contributed by atoms with Gasteiger partial charge in [-0.15, -0.1) is 0 Å². The van der Waals surface area contributed by atoms with Gasteiger partial charge in [-0.2, -0.15) is 0 Å². The first-order chi connectivity index (χ1) is 9.94.